The topological polar surface area (TPSA) is 71.1 Å². The predicted molar refractivity (Wildman–Crippen MR) is 131 cm³/mol. The van der Waals surface area contributed by atoms with Gasteiger partial charge in [-0.15, -0.1) is 0 Å². The summed E-state index contributed by atoms with van der Waals surface area (Å²) in [7, 11) is 3.13. The smallest absolute Gasteiger partial charge is 0.325 e. The number of piperidine rings is 1. The van der Waals surface area contributed by atoms with Crippen molar-refractivity contribution < 1.29 is 19.1 Å². The summed E-state index contributed by atoms with van der Waals surface area (Å²) in [5, 5.41) is 3.01. The molecule has 34 heavy (non-hydrogen) atoms. The Hall–Kier alpha value is -3.06. The van der Waals surface area contributed by atoms with Crippen LogP contribution in [-0.2, 0) is 17.8 Å². The maximum atomic E-state index is 13.5. The first kappa shape index (κ1) is 24.1. The highest BCUT2D eigenvalue weighted by atomic mass is 16.5. The van der Waals surface area contributed by atoms with Crippen molar-refractivity contribution in [3.8, 4) is 11.5 Å². The fourth-order valence-electron chi connectivity index (χ4n) is 5.27. The van der Waals surface area contributed by atoms with Crippen molar-refractivity contribution in [1.82, 2.24) is 15.1 Å². The number of methoxy groups -OCH3 is 2. The van der Waals surface area contributed by atoms with Crippen LogP contribution >= 0.6 is 0 Å². The number of aryl methyl sites for hydroxylation is 1. The van der Waals surface area contributed by atoms with E-state index in [0.717, 1.165) is 50.9 Å². The molecule has 2 aromatic carbocycles. The Morgan fingerprint density at radius 3 is 2.41 bits per heavy atom. The second kappa shape index (κ2) is 10.5. The average molecular weight is 466 g/mol. The first-order valence-corrected chi connectivity index (χ1v) is 12.1. The molecule has 0 spiro atoms. The van der Waals surface area contributed by atoms with Gasteiger partial charge >= 0.3 is 6.03 Å². The molecule has 2 heterocycles. The minimum Gasteiger partial charge on any atom is -0.493 e. The third-order valence-corrected chi connectivity index (χ3v) is 7.30. The van der Waals surface area contributed by atoms with Crippen molar-refractivity contribution in [2.45, 2.75) is 44.7 Å². The summed E-state index contributed by atoms with van der Waals surface area (Å²) in [6.07, 6.45) is 3.99. The normalized spacial score (nSPS) is 21.6. The number of imide groups is 1. The van der Waals surface area contributed by atoms with Gasteiger partial charge in [0, 0.05) is 5.56 Å². The lowest BCUT2D eigenvalue weighted by atomic mass is 9.79. The minimum absolute atomic E-state index is 0.117. The molecule has 3 amide bonds. The molecule has 0 aromatic heterocycles. The zero-order valence-corrected chi connectivity index (χ0v) is 20.4. The summed E-state index contributed by atoms with van der Waals surface area (Å²) in [5.74, 6) is 1.08. The number of hydrogen-bond donors (Lipinski definition) is 1. The number of nitrogens with zero attached hydrogens (tertiary/aromatic N) is 2. The van der Waals surface area contributed by atoms with Crippen LogP contribution < -0.4 is 14.8 Å². The molecule has 182 valence electrons. The van der Waals surface area contributed by atoms with E-state index in [1.54, 1.807) is 20.3 Å². The molecule has 1 N–H and O–H groups in total. The van der Waals surface area contributed by atoms with Crippen molar-refractivity contribution in [3.63, 3.8) is 0 Å². The highest BCUT2D eigenvalue weighted by molar-refractivity contribution is 6.07. The Labute approximate surface area is 202 Å². The number of urea groups is 1. The lowest BCUT2D eigenvalue weighted by Crippen LogP contribution is -2.54. The van der Waals surface area contributed by atoms with E-state index < -0.39 is 5.54 Å². The van der Waals surface area contributed by atoms with Gasteiger partial charge in [-0.1, -0.05) is 42.5 Å². The number of amides is 3. The SMILES string of the molecule is COc1cccc(CN2C(=O)NC(C)(C3CCN(CCCc4ccccc4)CC3)C2=O)c1OC. The fourth-order valence-corrected chi connectivity index (χ4v) is 5.27. The summed E-state index contributed by atoms with van der Waals surface area (Å²) < 4.78 is 10.8. The van der Waals surface area contributed by atoms with Crippen LogP contribution in [0.3, 0.4) is 0 Å². The highest BCUT2D eigenvalue weighted by Crippen LogP contribution is 2.36. The summed E-state index contributed by atoms with van der Waals surface area (Å²) in [5.41, 5.74) is 1.24. The minimum atomic E-state index is -0.876. The number of hydrogen-bond acceptors (Lipinski definition) is 5. The molecule has 1 unspecified atom stereocenters. The molecule has 2 aromatic rings. The van der Waals surface area contributed by atoms with Crippen LogP contribution in [0.4, 0.5) is 4.79 Å². The molecule has 0 bridgehead atoms. The van der Waals surface area contributed by atoms with E-state index in [1.807, 2.05) is 25.1 Å². The summed E-state index contributed by atoms with van der Waals surface area (Å²) in [6.45, 7) is 4.98. The van der Waals surface area contributed by atoms with Crippen LogP contribution in [0.5, 0.6) is 11.5 Å². The van der Waals surface area contributed by atoms with Gasteiger partial charge in [-0.2, -0.15) is 0 Å². The molecule has 1 atom stereocenters. The first-order chi connectivity index (χ1) is 16.5. The summed E-state index contributed by atoms with van der Waals surface area (Å²) >= 11 is 0. The Balaban J connectivity index is 1.34. The maximum absolute atomic E-state index is 13.5. The van der Waals surface area contributed by atoms with Gasteiger partial charge in [-0.25, -0.2) is 4.79 Å². The molecule has 0 saturated carbocycles. The lowest BCUT2D eigenvalue weighted by Gasteiger charge is -2.39. The molecule has 4 rings (SSSR count). The van der Waals surface area contributed by atoms with Gasteiger partial charge < -0.3 is 19.7 Å². The number of carbonyl (C=O) groups excluding carboxylic acids is 2. The van der Waals surface area contributed by atoms with Crippen LogP contribution in [0.25, 0.3) is 0 Å². The number of carbonyl (C=O) groups is 2. The van der Waals surface area contributed by atoms with Gasteiger partial charge in [0.2, 0.25) is 0 Å². The second-order valence-corrected chi connectivity index (χ2v) is 9.38. The molecule has 0 radical (unpaired) electrons. The molecule has 7 heteroatoms. The van der Waals surface area contributed by atoms with Crippen LogP contribution in [0.15, 0.2) is 48.5 Å². The van der Waals surface area contributed by atoms with Crippen molar-refractivity contribution in [3.05, 3.63) is 59.7 Å². The number of likely N-dealkylation sites (tertiary alicyclic amines) is 1. The predicted octanol–water partition coefficient (Wildman–Crippen LogP) is 3.86. The van der Waals surface area contributed by atoms with Crippen LogP contribution in [0.1, 0.15) is 37.3 Å². The molecule has 0 aliphatic carbocycles. The third-order valence-electron chi connectivity index (χ3n) is 7.30. The second-order valence-electron chi connectivity index (χ2n) is 9.38. The molecular weight excluding hydrogens is 430 g/mol. The molecule has 2 saturated heterocycles. The first-order valence-electron chi connectivity index (χ1n) is 12.1. The largest absolute Gasteiger partial charge is 0.493 e. The molecule has 7 nitrogen and oxygen atoms in total. The van der Waals surface area contributed by atoms with Crippen LogP contribution in [0.2, 0.25) is 0 Å². The van der Waals surface area contributed by atoms with E-state index in [-0.39, 0.29) is 24.4 Å². The maximum Gasteiger partial charge on any atom is 0.325 e. The van der Waals surface area contributed by atoms with Gasteiger partial charge in [0.25, 0.3) is 5.91 Å². The third kappa shape index (κ3) is 4.89. The van der Waals surface area contributed by atoms with E-state index in [1.165, 1.54) is 10.5 Å². The summed E-state index contributed by atoms with van der Waals surface area (Å²) in [4.78, 5) is 30.1. The van der Waals surface area contributed by atoms with Gasteiger partial charge in [0.1, 0.15) is 5.54 Å². The molecule has 2 aliphatic rings. The number of rotatable bonds is 9. The van der Waals surface area contributed by atoms with Crippen molar-refractivity contribution >= 4 is 11.9 Å². The van der Waals surface area contributed by atoms with Crippen LogP contribution in [0, 0.1) is 5.92 Å². The van der Waals surface area contributed by atoms with Gasteiger partial charge in [-0.05, 0) is 69.8 Å². The van der Waals surface area contributed by atoms with Crippen molar-refractivity contribution in [2.24, 2.45) is 5.92 Å². The molecule has 2 aliphatic heterocycles. The zero-order chi connectivity index (χ0) is 24.1. The molecular formula is C27H35N3O4. The van der Waals surface area contributed by atoms with E-state index in [0.29, 0.717) is 11.5 Å². The zero-order valence-electron chi connectivity index (χ0n) is 20.4. The number of ether oxygens (including phenoxy) is 2. The van der Waals surface area contributed by atoms with Gasteiger partial charge in [0.05, 0.1) is 20.8 Å². The Morgan fingerprint density at radius 2 is 1.74 bits per heavy atom. The average Bonchev–Trinajstić information content (AvgIpc) is 3.08. The van der Waals surface area contributed by atoms with Crippen LogP contribution in [-0.4, -0.2) is 61.1 Å². The number of para-hydroxylation sites is 1. The standard InChI is InChI=1S/C27H35N3O4/c1-27(22-14-17-29(18-15-22)16-8-11-20-9-5-4-6-10-20)25(31)30(26(32)28-27)19-21-12-7-13-23(33-2)24(21)34-3/h4-7,9-10,12-13,22H,8,11,14-19H2,1-3H3,(H,28,32). The van der Waals surface area contributed by atoms with Crippen molar-refractivity contribution in [1.29, 1.82) is 0 Å². The number of benzene rings is 2. The lowest BCUT2D eigenvalue weighted by molar-refractivity contribution is -0.133. The Kier molecular flexibility index (Phi) is 7.41. The van der Waals surface area contributed by atoms with Gasteiger partial charge in [0.15, 0.2) is 11.5 Å². The van der Waals surface area contributed by atoms with E-state index >= 15 is 0 Å². The van der Waals surface area contributed by atoms with E-state index in [4.69, 9.17) is 9.47 Å². The van der Waals surface area contributed by atoms with Crippen molar-refractivity contribution in [2.75, 3.05) is 33.9 Å². The summed E-state index contributed by atoms with van der Waals surface area (Å²) in [6, 6.07) is 15.7. The van der Waals surface area contributed by atoms with E-state index in [9.17, 15) is 9.59 Å². The number of nitrogens with one attached hydrogen (secondary N) is 1. The highest BCUT2D eigenvalue weighted by Gasteiger charge is 2.52. The van der Waals surface area contributed by atoms with E-state index in [2.05, 4.69) is 34.5 Å². The molecule has 2 fully saturated rings. The quantitative estimate of drug-likeness (QED) is 0.570. The Bertz CT molecular complexity index is 1000. The monoisotopic (exact) mass is 465 g/mol. The van der Waals surface area contributed by atoms with Gasteiger partial charge in [-0.3, -0.25) is 9.69 Å². The Morgan fingerprint density at radius 1 is 1.00 bits per heavy atom. The fraction of sp³-hybridized carbons (Fsp3) is 0.481.